The zero-order valence-electron chi connectivity index (χ0n) is 14.1. The quantitative estimate of drug-likeness (QED) is 0.808. The van der Waals surface area contributed by atoms with E-state index in [9.17, 15) is 9.59 Å². The number of nitrogens with zero attached hydrogens (tertiary/aromatic N) is 1. The first-order valence-corrected chi connectivity index (χ1v) is 7.71. The number of nitrogens with one attached hydrogen (secondary N) is 3. The van der Waals surface area contributed by atoms with Crippen LogP contribution in [0.4, 0.5) is 10.5 Å². The van der Waals surface area contributed by atoms with Crippen LogP contribution in [0.15, 0.2) is 48.7 Å². The van der Waals surface area contributed by atoms with Crippen molar-refractivity contribution in [3.63, 3.8) is 0 Å². The van der Waals surface area contributed by atoms with Crippen molar-refractivity contribution in [2.75, 3.05) is 5.32 Å². The Balaban J connectivity index is 1.87. The molecule has 0 saturated carbocycles. The number of hydrogen-bond donors (Lipinski definition) is 3. The van der Waals surface area contributed by atoms with E-state index in [1.807, 2.05) is 39.0 Å². The summed E-state index contributed by atoms with van der Waals surface area (Å²) in [4.78, 5) is 28.0. The average molecular weight is 326 g/mol. The molecule has 1 heterocycles. The zero-order valence-corrected chi connectivity index (χ0v) is 14.1. The van der Waals surface area contributed by atoms with Crippen LogP contribution in [0.3, 0.4) is 0 Å². The Labute approximate surface area is 141 Å². The van der Waals surface area contributed by atoms with Gasteiger partial charge in [-0.15, -0.1) is 0 Å². The maximum absolute atomic E-state index is 12.0. The predicted molar refractivity (Wildman–Crippen MR) is 93.8 cm³/mol. The minimum atomic E-state index is -0.326. The third-order valence-electron chi connectivity index (χ3n) is 3.05. The molecular weight excluding hydrogens is 304 g/mol. The second-order valence-corrected chi connectivity index (χ2v) is 6.41. The standard InChI is InChI=1S/C18H22N4O2/c1-18(2,3)22-16(23)13-7-9-14(10-8-13)21-17(24)20-12-15-6-4-5-11-19-15/h4-11H,12H2,1-3H3,(H,22,23)(H2,20,21,24). The van der Waals surface area contributed by atoms with Crippen molar-refractivity contribution in [2.45, 2.75) is 32.9 Å². The van der Waals surface area contributed by atoms with E-state index >= 15 is 0 Å². The van der Waals surface area contributed by atoms with Gasteiger partial charge < -0.3 is 16.0 Å². The van der Waals surface area contributed by atoms with Gasteiger partial charge in [0.05, 0.1) is 12.2 Å². The lowest BCUT2D eigenvalue weighted by molar-refractivity contribution is 0.0919. The fourth-order valence-electron chi connectivity index (χ4n) is 1.97. The van der Waals surface area contributed by atoms with E-state index in [-0.39, 0.29) is 17.5 Å². The number of carbonyl (C=O) groups excluding carboxylic acids is 2. The molecule has 0 saturated heterocycles. The van der Waals surface area contributed by atoms with Gasteiger partial charge in [-0.2, -0.15) is 0 Å². The summed E-state index contributed by atoms with van der Waals surface area (Å²) in [6.07, 6.45) is 1.68. The normalized spacial score (nSPS) is 10.8. The van der Waals surface area contributed by atoms with Gasteiger partial charge in [0.2, 0.25) is 0 Å². The Bertz CT molecular complexity index is 691. The number of benzene rings is 1. The topological polar surface area (TPSA) is 83.1 Å². The third kappa shape index (κ3) is 5.72. The van der Waals surface area contributed by atoms with E-state index < -0.39 is 0 Å². The molecule has 24 heavy (non-hydrogen) atoms. The summed E-state index contributed by atoms with van der Waals surface area (Å²) < 4.78 is 0. The molecule has 0 aliphatic heterocycles. The Morgan fingerprint density at radius 2 is 1.75 bits per heavy atom. The molecule has 6 heteroatoms. The second kappa shape index (κ2) is 7.59. The highest BCUT2D eigenvalue weighted by Crippen LogP contribution is 2.11. The number of hydrogen-bond acceptors (Lipinski definition) is 3. The monoisotopic (exact) mass is 326 g/mol. The highest BCUT2D eigenvalue weighted by Gasteiger charge is 2.15. The van der Waals surface area contributed by atoms with Gasteiger partial charge in [0, 0.05) is 23.0 Å². The maximum Gasteiger partial charge on any atom is 0.319 e. The van der Waals surface area contributed by atoms with Crippen LogP contribution in [0.5, 0.6) is 0 Å². The van der Waals surface area contributed by atoms with Crippen LogP contribution in [0.2, 0.25) is 0 Å². The van der Waals surface area contributed by atoms with Gasteiger partial charge in [-0.3, -0.25) is 9.78 Å². The van der Waals surface area contributed by atoms with Crippen LogP contribution in [-0.2, 0) is 6.54 Å². The average Bonchev–Trinajstić information content (AvgIpc) is 2.53. The van der Waals surface area contributed by atoms with E-state index in [0.717, 1.165) is 5.69 Å². The van der Waals surface area contributed by atoms with Crippen molar-refractivity contribution in [1.82, 2.24) is 15.6 Å². The lowest BCUT2D eigenvalue weighted by Crippen LogP contribution is -2.40. The number of pyridine rings is 1. The van der Waals surface area contributed by atoms with Gasteiger partial charge >= 0.3 is 6.03 Å². The molecule has 6 nitrogen and oxygen atoms in total. The molecule has 0 atom stereocenters. The molecule has 0 fully saturated rings. The number of amides is 3. The summed E-state index contributed by atoms with van der Waals surface area (Å²) in [6.45, 7) is 6.12. The van der Waals surface area contributed by atoms with Gasteiger partial charge in [-0.25, -0.2) is 4.79 Å². The summed E-state index contributed by atoms with van der Waals surface area (Å²) in [7, 11) is 0. The number of aromatic nitrogens is 1. The molecule has 3 amide bonds. The van der Waals surface area contributed by atoms with Crippen molar-refractivity contribution >= 4 is 17.6 Å². The van der Waals surface area contributed by atoms with E-state index in [2.05, 4.69) is 20.9 Å². The summed E-state index contributed by atoms with van der Waals surface area (Å²) in [6, 6.07) is 11.9. The molecular formula is C18H22N4O2. The summed E-state index contributed by atoms with van der Waals surface area (Å²) in [5.74, 6) is -0.145. The Morgan fingerprint density at radius 1 is 1.04 bits per heavy atom. The molecule has 0 aliphatic rings. The van der Waals surface area contributed by atoms with Crippen LogP contribution in [0.1, 0.15) is 36.8 Å². The van der Waals surface area contributed by atoms with Crippen LogP contribution in [0, 0.1) is 0 Å². The number of urea groups is 1. The van der Waals surface area contributed by atoms with E-state index in [1.54, 1.807) is 30.5 Å². The molecule has 126 valence electrons. The zero-order chi connectivity index (χ0) is 17.6. The predicted octanol–water partition coefficient (Wildman–Crippen LogP) is 2.93. The first-order valence-electron chi connectivity index (χ1n) is 7.71. The molecule has 1 aromatic carbocycles. The van der Waals surface area contributed by atoms with Crippen LogP contribution in [-0.4, -0.2) is 22.5 Å². The fourth-order valence-corrected chi connectivity index (χ4v) is 1.97. The van der Waals surface area contributed by atoms with Crippen molar-refractivity contribution in [2.24, 2.45) is 0 Å². The van der Waals surface area contributed by atoms with Gasteiger partial charge in [0.25, 0.3) is 5.91 Å². The first kappa shape index (κ1) is 17.5. The van der Waals surface area contributed by atoms with Crippen molar-refractivity contribution in [1.29, 1.82) is 0 Å². The van der Waals surface area contributed by atoms with Gasteiger partial charge in [0.1, 0.15) is 0 Å². The Hall–Kier alpha value is -2.89. The lowest BCUT2D eigenvalue weighted by atomic mass is 10.1. The molecule has 0 spiro atoms. The van der Waals surface area contributed by atoms with Crippen LogP contribution < -0.4 is 16.0 Å². The lowest BCUT2D eigenvalue weighted by Gasteiger charge is -2.20. The Kier molecular flexibility index (Phi) is 5.52. The number of rotatable bonds is 4. The van der Waals surface area contributed by atoms with Crippen LogP contribution in [0.25, 0.3) is 0 Å². The molecule has 0 aliphatic carbocycles. The smallest absolute Gasteiger partial charge is 0.319 e. The molecule has 0 unspecified atom stereocenters. The second-order valence-electron chi connectivity index (χ2n) is 6.41. The molecule has 3 N–H and O–H groups in total. The van der Waals surface area contributed by atoms with E-state index in [1.165, 1.54) is 0 Å². The molecule has 0 bridgehead atoms. The van der Waals surface area contributed by atoms with Gasteiger partial charge in [-0.1, -0.05) is 6.07 Å². The molecule has 1 aromatic heterocycles. The third-order valence-corrected chi connectivity index (χ3v) is 3.05. The van der Waals surface area contributed by atoms with Crippen molar-refractivity contribution in [3.05, 3.63) is 59.9 Å². The molecule has 0 radical (unpaired) electrons. The van der Waals surface area contributed by atoms with Crippen molar-refractivity contribution in [3.8, 4) is 0 Å². The fraction of sp³-hybridized carbons (Fsp3) is 0.278. The maximum atomic E-state index is 12.0. The van der Waals surface area contributed by atoms with Gasteiger partial charge in [0.15, 0.2) is 0 Å². The highest BCUT2D eigenvalue weighted by atomic mass is 16.2. The summed E-state index contributed by atoms with van der Waals surface area (Å²) in [5.41, 5.74) is 1.64. The largest absolute Gasteiger partial charge is 0.347 e. The summed E-state index contributed by atoms with van der Waals surface area (Å²) in [5, 5.41) is 8.33. The minimum Gasteiger partial charge on any atom is -0.347 e. The number of carbonyl (C=O) groups is 2. The molecule has 2 rings (SSSR count). The minimum absolute atomic E-state index is 0.145. The SMILES string of the molecule is CC(C)(C)NC(=O)c1ccc(NC(=O)NCc2ccccn2)cc1. The van der Waals surface area contributed by atoms with E-state index in [4.69, 9.17) is 0 Å². The highest BCUT2D eigenvalue weighted by molar-refractivity contribution is 5.95. The number of anilines is 1. The summed E-state index contributed by atoms with van der Waals surface area (Å²) >= 11 is 0. The van der Waals surface area contributed by atoms with Gasteiger partial charge in [-0.05, 0) is 57.2 Å². The molecule has 2 aromatic rings. The Morgan fingerprint density at radius 3 is 2.33 bits per heavy atom. The van der Waals surface area contributed by atoms with E-state index in [0.29, 0.717) is 17.8 Å². The first-order chi connectivity index (χ1) is 11.3. The van der Waals surface area contributed by atoms with Crippen LogP contribution >= 0.6 is 0 Å². The van der Waals surface area contributed by atoms with Crippen molar-refractivity contribution < 1.29 is 9.59 Å².